The van der Waals surface area contributed by atoms with Gasteiger partial charge in [-0.1, -0.05) is 103 Å². The number of amides is 5. The minimum atomic E-state index is -1.39. The molecular formula is C34H48N4O4. The molecule has 8 nitrogen and oxygen atoms in total. The van der Waals surface area contributed by atoms with Gasteiger partial charge in [-0.15, -0.1) is 0 Å². The van der Waals surface area contributed by atoms with Crippen molar-refractivity contribution in [3.05, 3.63) is 59.2 Å². The highest BCUT2D eigenvalue weighted by molar-refractivity contribution is 6.19. The first kappa shape index (κ1) is 32.8. The standard InChI is InChI=1S/C34H48N4O4/c1-8-10-19-34(20-11-9-2)32(41)37(33(42)38(34)25-17-15-24(7)16-18-25)28(21-29(35)39)31(40)36-30-26(22(3)4)13-12-14-27(30)23(5)6/h12-18,22-23,28H,8-11,19-21H2,1-7H3,(H2,35,39)(H,36,40). The summed E-state index contributed by atoms with van der Waals surface area (Å²) in [5, 5.41) is 3.03. The predicted molar refractivity (Wildman–Crippen MR) is 169 cm³/mol. The van der Waals surface area contributed by atoms with Gasteiger partial charge in [-0.25, -0.2) is 9.69 Å². The van der Waals surface area contributed by atoms with E-state index in [0.717, 1.165) is 47.3 Å². The van der Waals surface area contributed by atoms with Gasteiger partial charge in [0.15, 0.2) is 0 Å². The molecule has 3 rings (SSSR count). The normalized spacial score (nSPS) is 15.5. The zero-order valence-electron chi connectivity index (χ0n) is 26.3. The average molecular weight is 577 g/mol. The molecule has 0 spiro atoms. The summed E-state index contributed by atoms with van der Waals surface area (Å²) < 4.78 is 0. The molecule has 0 aromatic heterocycles. The number of hydrogen-bond donors (Lipinski definition) is 2. The number of anilines is 2. The Bertz CT molecular complexity index is 1250. The fourth-order valence-corrected chi connectivity index (χ4v) is 5.92. The second-order valence-corrected chi connectivity index (χ2v) is 12.2. The molecule has 1 unspecified atom stereocenters. The summed E-state index contributed by atoms with van der Waals surface area (Å²) in [4.78, 5) is 58.0. The first-order chi connectivity index (χ1) is 19.9. The van der Waals surface area contributed by atoms with Crippen LogP contribution < -0.4 is 16.0 Å². The number of carbonyl (C=O) groups is 4. The number of para-hydroxylation sites is 1. The number of unbranched alkanes of at least 4 members (excludes halogenated alkanes) is 2. The lowest BCUT2D eigenvalue weighted by molar-refractivity contribution is -0.138. The number of hydrogen-bond acceptors (Lipinski definition) is 4. The van der Waals surface area contributed by atoms with Crippen LogP contribution >= 0.6 is 0 Å². The minimum absolute atomic E-state index is 0.108. The zero-order valence-corrected chi connectivity index (χ0v) is 26.3. The minimum Gasteiger partial charge on any atom is -0.370 e. The highest BCUT2D eigenvalue weighted by Gasteiger charge is 2.59. The van der Waals surface area contributed by atoms with Gasteiger partial charge < -0.3 is 11.1 Å². The van der Waals surface area contributed by atoms with Gasteiger partial charge in [0, 0.05) is 11.4 Å². The molecule has 1 fully saturated rings. The van der Waals surface area contributed by atoms with Crippen LogP contribution in [0, 0.1) is 6.92 Å². The van der Waals surface area contributed by atoms with Crippen molar-refractivity contribution >= 4 is 35.1 Å². The molecule has 1 atom stereocenters. The summed E-state index contributed by atoms with van der Waals surface area (Å²) in [6.07, 6.45) is 3.58. The van der Waals surface area contributed by atoms with E-state index in [-0.39, 0.29) is 11.8 Å². The van der Waals surface area contributed by atoms with Crippen LogP contribution in [0.5, 0.6) is 0 Å². The van der Waals surface area contributed by atoms with E-state index in [9.17, 15) is 19.2 Å². The Labute approximate surface area is 251 Å². The summed E-state index contributed by atoms with van der Waals surface area (Å²) in [7, 11) is 0. The lowest BCUT2D eigenvalue weighted by Gasteiger charge is -2.35. The number of nitrogens with one attached hydrogen (secondary N) is 1. The molecule has 1 aliphatic heterocycles. The van der Waals surface area contributed by atoms with Crippen molar-refractivity contribution in [2.45, 2.75) is 117 Å². The van der Waals surface area contributed by atoms with Gasteiger partial charge in [0.05, 0.1) is 6.42 Å². The van der Waals surface area contributed by atoms with Crippen LogP contribution in [0.1, 0.15) is 115 Å². The number of urea groups is 1. The molecule has 1 saturated heterocycles. The van der Waals surface area contributed by atoms with Crippen molar-refractivity contribution in [2.75, 3.05) is 10.2 Å². The topological polar surface area (TPSA) is 113 Å². The van der Waals surface area contributed by atoms with E-state index in [2.05, 4.69) is 5.32 Å². The van der Waals surface area contributed by atoms with Crippen LogP contribution in [-0.4, -0.2) is 40.2 Å². The first-order valence-corrected chi connectivity index (χ1v) is 15.4. The van der Waals surface area contributed by atoms with Crippen molar-refractivity contribution in [3.63, 3.8) is 0 Å². The fraction of sp³-hybridized carbons (Fsp3) is 0.529. The smallest absolute Gasteiger partial charge is 0.332 e. The Morgan fingerprint density at radius 1 is 0.881 bits per heavy atom. The lowest BCUT2D eigenvalue weighted by Crippen LogP contribution is -2.52. The van der Waals surface area contributed by atoms with Crippen LogP contribution in [-0.2, 0) is 14.4 Å². The quantitative estimate of drug-likeness (QED) is 0.235. The maximum absolute atomic E-state index is 14.6. The molecule has 42 heavy (non-hydrogen) atoms. The molecule has 0 bridgehead atoms. The molecule has 3 N–H and O–H groups in total. The summed E-state index contributed by atoms with van der Waals surface area (Å²) in [6, 6.07) is 11.4. The van der Waals surface area contributed by atoms with Gasteiger partial charge in [-0.3, -0.25) is 19.3 Å². The molecule has 2 aromatic rings. The molecule has 228 valence electrons. The highest BCUT2D eigenvalue weighted by atomic mass is 16.2. The molecule has 0 radical (unpaired) electrons. The Morgan fingerprint density at radius 3 is 1.86 bits per heavy atom. The number of nitrogens with zero attached hydrogens (tertiary/aromatic N) is 2. The number of primary amides is 1. The van der Waals surface area contributed by atoms with E-state index in [4.69, 9.17) is 5.73 Å². The number of carbonyl (C=O) groups excluding carboxylic acids is 4. The van der Waals surface area contributed by atoms with E-state index in [1.165, 1.54) is 0 Å². The summed E-state index contributed by atoms with van der Waals surface area (Å²) >= 11 is 0. The third kappa shape index (κ3) is 6.69. The average Bonchev–Trinajstić information content (AvgIpc) is 3.15. The third-order valence-corrected chi connectivity index (χ3v) is 8.25. The summed E-state index contributed by atoms with van der Waals surface area (Å²) in [6.45, 7) is 14.2. The number of nitrogens with two attached hydrogens (primary N) is 1. The monoisotopic (exact) mass is 576 g/mol. The Hall–Kier alpha value is -3.68. The first-order valence-electron chi connectivity index (χ1n) is 15.4. The molecule has 5 amide bonds. The Kier molecular flexibility index (Phi) is 10.9. The lowest BCUT2D eigenvalue weighted by atomic mass is 9.84. The molecule has 2 aromatic carbocycles. The number of imide groups is 1. The highest BCUT2D eigenvalue weighted by Crippen LogP contribution is 2.42. The van der Waals surface area contributed by atoms with Gasteiger partial charge in [-0.2, -0.15) is 0 Å². The van der Waals surface area contributed by atoms with Crippen molar-refractivity contribution in [3.8, 4) is 0 Å². The largest absolute Gasteiger partial charge is 0.370 e. The van der Waals surface area contributed by atoms with Gasteiger partial charge in [0.2, 0.25) is 11.8 Å². The molecule has 8 heteroatoms. The maximum Gasteiger partial charge on any atom is 0.332 e. The second kappa shape index (κ2) is 14.0. The van der Waals surface area contributed by atoms with Crippen LogP contribution in [0.25, 0.3) is 0 Å². The maximum atomic E-state index is 14.6. The van der Waals surface area contributed by atoms with Crippen molar-refractivity contribution in [1.29, 1.82) is 0 Å². The van der Waals surface area contributed by atoms with Gasteiger partial charge >= 0.3 is 6.03 Å². The van der Waals surface area contributed by atoms with E-state index in [1.54, 1.807) is 4.90 Å². The van der Waals surface area contributed by atoms with E-state index in [0.29, 0.717) is 24.2 Å². The Balaban J connectivity index is 2.17. The van der Waals surface area contributed by atoms with Gasteiger partial charge in [0.1, 0.15) is 11.6 Å². The van der Waals surface area contributed by atoms with Crippen molar-refractivity contribution in [2.24, 2.45) is 5.73 Å². The van der Waals surface area contributed by atoms with Gasteiger partial charge in [0.25, 0.3) is 5.91 Å². The number of aryl methyl sites for hydroxylation is 1. The van der Waals surface area contributed by atoms with E-state index < -0.39 is 41.8 Å². The van der Waals surface area contributed by atoms with E-state index >= 15 is 0 Å². The van der Waals surface area contributed by atoms with Crippen LogP contribution in [0.4, 0.5) is 16.2 Å². The van der Waals surface area contributed by atoms with Crippen LogP contribution in [0.2, 0.25) is 0 Å². The third-order valence-electron chi connectivity index (χ3n) is 8.25. The number of benzene rings is 2. The van der Waals surface area contributed by atoms with E-state index in [1.807, 2.05) is 90.9 Å². The molecule has 0 saturated carbocycles. The molecular weight excluding hydrogens is 528 g/mol. The second-order valence-electron chi connectivity index (χ2n) is 12.2. The predicted octanol–water partition coefficient (Wildman–Crippen LogP) is 7.01. The molecule has 0 aliphatic carbocycles. The summed E-state index contributed by atoms with van der Waals surface area (Å²) in [5.74, 6) is -1.60. The molecule has 1 aliphatic rings. The van der Waals surface area contributed by atoms with Crippen molar-refractivity contribution in [1.82, 2.24) is 4.90 Å². The SMILES string of the molecule is CCCCC1(CCCC)C(=O)N(C(CC(N)=O)C(=O)Nc2c(C(C)C)cccc2C(C)C)C(=O)N1c1ccc(C)cc1. The Morgan fingerprint density at radius 2 is 1.40 bits per heavy atom. The molecule has 1 heterocycles. The fourth-order valence-electron chi connectivity index (χ4n) is 5.92. The van der Waals surface area contributed by atoms with Crippen LogP contribution in [0.3, 0.4) is 0 Å². The van der Waals surface area contributed by atoms with Crippen molar-refractivity contribution < 1.29 is 19.2 Å². The summed E-state index contributed by atoms with van der Waals surface area (Å²) in [5.41, 5.74) is 8.64. The van der Waals surface area contributed by atoms with Crippen LogP contribution in [0.15, 0.2) is 42.5 Å². The number of rotatable bonds is 14. The zero-order chi connectivity index (χ0) is 31.2. The van der Waals surface area contributed by atoms with Gasteiger partial charge in [-0.05, 0) is 54.9 Å².